The first kappa shape index (κ1) is 9.73. The molecule has 0 bridgehead atoms. The maximum absolute atomic E-state index is 11.3. The maximum atomic E-state index is 11.3. The SMILES string of the molecule is O=C(O)C1(c2cccc3[nH]cc(Cl)c23)CC1. The topological polar surface area (TPSA) is 53.1 Å². The molecule has 3 nitrogen and oxygen atoms in total. The van der Waals surface area contributed by atoms with E-state index in [-0.39, 0.29) is 0 Å². The zero-order chi connectivity index (χ0) is 11.3. The van der Waals surface area contributed by atoms with E-state index < -0.39 is 11.4 Å². The summed E-state index contributed by atoms with van der Waals surface area (Å²) in [5.41, 5.74) is 1.03. The van der Waals surface area contributed by atoms with Crippen molar-refractivity contribution in [3.63, 3.8) is 0 Å². The minimum absolute atomic E-state index is 0.595. The van der Waals surface area contributed by atoms with Gasteiger partial charge in [-0.15, -0.1) is 0 Å². The maximum Gasteiger partial charge on any atom is 0.314 e. The van der Waals surface area contributed by atoms with Crippen LogP contribution in [0.4, 0.5) is 0 Å². The van der Waals surface area contributed by atoms with Crippen LogP contribution < -0.4 is 0 Å². The molecular formula is C12H10ClNO2. The molecule has 0 spiro atoms. The largest absolute Gasteiger partial charge is 0.481 e. The molecule has 1 heterocycles. The summed E-state index contributed by atoms with van der Waals surface area (Å²) >= 11 is 6.09. The van der Waals surface area contributed by atoms with Gasteiger partial charge in [0, 0.05) is 17.1 Å². The van der Waals surface area contributed by atoms with Crippen molar-refractivity contribution in [1.82, 2.24) is 4.98 Å². The van der Waals surface area contributed by atoms with Gasteiger partial charge in [0.05, 0.1) is 10.4 Å². The van der Waals surface area contributed by atoms with E-state index in [0.29, 0.717) is 17.9 Å². The fourth-order valence-electron chi connectivity index (χ4n) is 2.27. The number of carboxylic acid groups (broad SMARTS) is 1. The van der Waals surface area contributed by atoms with Crippen molar-refractivity contribution >= 4 is 28.5 Å². The predicted molar refractivity (Wildman–Crippen MR) is 61.9 cm³/mol. The molecule has 16 heavy (non-hydrogen) atoms. The van der Waals surface area contributed by atoms with E-state index in [1.165, 1.54) is 0 Å². The number of aliphatic carboxylic acids is 1. The first-order valence-corrected chi connectivity index (χ1v) is 5.52. The van der Waals surface area contributed by atoms with Gasteiger partial charge in [0.15, 0.2) is 0 Å². The van der Waals surface area contributed by atoms with Gasteiger partial charge in [-0.05, 0) is 24.5 Å². The number of rotatable bonds is 2. The molecule has 4 heteroatoms. The Labute approximate surface area is 97.0 Å². The van der Waals surface area contributed by atoms with Crippen LogP contribution in [0.25, 0.3) is 10.9 Å². The zero-order valence-electron chi connectivity index (χ0n) is 8.46. The molecule has 0 unspecified atom stereocenters. The normalized spacial score (nSPS) is 17.6. The molecule has 82 valence electrons. The van der Waals surface area contributed by atoms with Gasteiger partial charge in [0.25, 0.3) is 0 Å². The van der Waals surface area contributed by atoms with Crippen LogP contribution in [0, 0.1) is 0 Å². The van der Waals surface area contributed by atoms with Crippen LogP contribution in [0.2, 0.25) is 5.02 Å². The van der Waals surface area contributed by atoms with Gasteiger partial charge in [0.1, 0.15) is 0 Å². The molecule has 2 N–H and O–H groups in total. The quantitative estimate of drug-likeness (QED) is 0.841. The molecule has 0 amide bonds. The fraction of sp³-hybridized carbons (Fsp3) is 0.250. The number of nitrogens with one attached hydrogen (secondary N) is 1. The fourth-order valence-corrected chi connectivity index (χ4v) is 2.52. The van der Waals surface area contributed by atoms with Gasteiger partial charge in [-0.2, -0.15) is 0 Å². The lowest BCUT2D eigenvalue weighted by Crippen LogP contribution is -2.19. The average Bonchev–Trinajstić information content (AvgIpc) is 3.00. The van der Waals surface area contributed by atoms with Crippen LogP contribution in [0.1, 0.15) is 18.4 Å². The highest BCUT2D eigenvalue weighted by Crippen LogP contribution is 2.51. The van der Waals surface area contributed by atoms with Crippen molar-refractivity contribution < 1.29 is 9.90 Å². The summed E-state index contributed by atoms with van der Waals surface area (Å²) in [4.78, 5) is 14.3. The second-order valence-corrected chi connectivity index (χ2v) is 4.66. The van der Waals surface area contributed by atoms with Crippen molar-refractivity contribution in [3.8, 4) is 0 Å². The Morgan fingerprint density at radius 2 is 2.19 bits per heavy atom. The van der Waals surface area contributed by atoms with Crippen LogP contribution in [0.5, 0.6) is 0 Å². The number of halogens is 1. The minimum Gasteiger partial charge on any atom is -0.481 e. The number of carbonyl (C=O) groups is 1. The average molecular weight is 236 g/mol. The molecule has 1 aliphatic rings. The minimum atomic E-state index is -0.753. The highest BCUT2D eigenvalue weighted by molar-refractivity contribution is 6.36. The molecule has 1 aromatic carbocycles. The standard InChI is InChI=1S/C12H10ClNO2/c13-8-6-14-9-3-1-2-7(10(8)9)12(4-5-12)11(15)16/h1-3,6,14H,4-5H2,(H,15,16). The summed E-state index contributed by atoms with van der Waals surface area (Å²) in [7, 11) is 0. The van der Waals surface area contributed by atoms with Crippen molar-refractivity contribution in [2.75, 3.05) is 0 Å². The molecule has 0 radical (unpaired) electrons. The van der Waals surface area contributed by atoms with E-state index in [0.717, 1.165) is 16.5 Å². The van der Waals surface area contributed by atoms with Crippen LogP contribution in [-0.4, -0.2) is 16.1 Å². The first-order valence-electron chi connectivity index (χ1n) is 5.15. The monoisotopic (exact) mass is 235 g/mol. The number of H-pyrrole nitrogens is 1. The second kappa shape index (κ2) is 3.01. The number of hydrogen-bond acceptors (Lipinski definition) is 1. The second-order valence-electron chi connectivity index (χ2n) is 4.25. The molecule has 1 fully saturated rings. The summed E-state index contributed by atoms with van der Waals surface area (Å²) in [5.74, 6) is -0.753. The molecule has 1 aliphatic carbocycles. The Kier molecular flexibility index (Phi) is 1.83. The van der Waals surface area contributed by atoms with Gasteiger partial charge < -0.3 is 10.1 Å². The van der Waals surface area contributed by atoms with Crippen LogP contribution >= 0.6 is 11.6 Å². The Hall–Kier alpha value is -1.48. The van der Waals surface area contributed by atoms with E-state index in [9.17, 15) is 9.90 Å². The molecule has 0 saturated heterocycles. The van der Waals surface area contributed by atoms with E-state index >= 15 is 0 Å². The molecule has 1 saturated carbocycles. The van der Waals surface area contributed by atoms with E-state index in [2.05, 4.69) is 4.98 Å². The first-order chi connectivity index (χ1) is 7.65. The number of aromatic amines is 1. The van der Waals surface area contributed by atoms with E-state index in [1.54, 1.807) is 6.20 Å². The molecule has 0 aliphatic heterocycles. The van der Waals surface area contributed by atoms with Crippen LogP contribution in [-0.2, 0) is 10.2 Å². The third kappa shape index (κ3) is 1.12. The Morgan fingerprint density at radius 3 is 2.81 bits per heavy atom. The Balaban J connectivity index is 2.32. The predicted octanol–water partition coefficient (Wildman–Crippen LogP) is 2.94. The van der Waals surface area contributed by atoms with Gasteiger partial charge in [-0.1, -0.05) is 23.7 Å². The summed E-state index contributed by atoms with van der Waals surface area (Å²) in [5, 5.41) is 10.7. The number of hydrogen-bond donors (Lipinski definition) is 2. The summed E-state index contributed by atoms with van der Waals surface area (Å²) < 4.78 is 0. The van der Waals surface area contributed by atoms with Gasteiger partial charge in [-0.3, -0.25) is 4.79 Å². The number of aromatic nitrogens is 1. The lowest BCUT2D eigenvalue weighted by atomic mass is 9.93. The van der Waals surface area contributed by atoms with Gasteiger partial charge in [-0.25, -0.2) is 0 Å². The molecule has 0 atom stereocenters. The summed E-state index contributed by atoms with van der Waals surface area (Å²) in [6.45, 7) is 0. The van der Waals surface area contributed by atoms with Crippen molar-refractivity contribution in [1.29, 1.82) is 0 Å². The Bertz CT molecular complexity index is 584. The summed E-state index contributed by atoms with van der Waals surface area (Å²) in [6, 6.07) is 5.64. The number of benzene rings is 1. The van der Waals surface area contributed by atoms with Gasteiger partial charge in [0.2, 0.25) is 0 Å². The van der Waals surface area contributed by atoms with Crippen LogP contribution in [0.15, 0.2) is 24.4 Å². The Morgan fingerprint density at radius 1 is 1.44 bits per heavy atom. The third-order valence-electron chi connectivity index (χ3n) is 3.33. The molecule has 2 aromatic rings. The van der Waals surface area contributed by atoms with E-state index in [1.807, 2.05) is 18.2 Å². The number of fused-ring (bicyclic) bond motifs is 1. The smallest absolute Gasteiger partial charge is 0.314 e. The highest BCUT2D eigenvalue weighted by atomic mass is 35.5. The van der Waals surface area contributed by atoms with Crippen LogP contribution in [0.3, 0.4) is 0 Å². The lowest BCUT2D eigenvalue weighted by molar-refractivity contribution is -0.139. The summed E-state index contributed by atoms with van der Waals surface area (Å²) in [6.07, 6.45) is 3.10. The molecule has 1 aromatic heterocycles. The zero-order valence-corrected chi connectivity index (χ0v) is 9.21. The van der Waals surface area contributed by atoms with Crippen molar-refractivity contribution in [2.24, 2.45) is 0 Å². The van der Waals surface area contributed by atoms with Crippen molar-refractivity contribution in [2.45, 2.75) is 18.3 Å². The molecular weight excluding hydrogens is 226 g/mol. The van der Waals surface area contributed by atoms with Gasteiger partial charge >= 0.3 is 5.97 Å². The number of carboxylic acids is 1. The van der Waals surface area contributed by atoms with Crippen molar-refractivity contribution in [3.05, 3.63) is 35.0 Å². The lowest BCUT2D eigenvalue weighted by Gasteiger charge is -2.11. The molecule has 3 rings (SSSR count). The highest BCUT2D eigenvalue weighted by Gasteiger charge is 2.52. The van der Waals surface area contributed by atoms with E-state index in [4.69, 9.17) is 11.6 Å². The third-order valence-corrected chi connectivity index (χ3v) is 3.63.